The second-order valence-corrected chi connectivity index (χ2v) is 6.44. The van der Waals surface area contributed by atoms with Crippen LogP contribution in [0.3, 0.4) is 0 Å². The van der Waals surface area contributed by atoms with Gasteiger partial charge in [0.15, 0.2) is 9.84 Å². The van der Waals surface area contributed by atoms with E-state index in [1.54, 1.807) is 0 Å². The van der Waals surface area contributed by atoms with Gasteiger partial charge in [0.25, 0.3) is 0 Å². The minimum atomic E-state index is -3.55. The largest absolute Gasteiger partial charge is 0.396 e. The molecule has 1 aromatic rings. The van der Waals surface area contributed by atoms with Gasteiger partial charge in [0, 0.05) is 12.6 Å². The van der Waals surface area contributed by atoms with Crippen molar-refractivity contribution in [3.8, 4) is 0 Å². The van der Waals surface area contributed by atoms with Crippen LogP contribution < -0.4 is 5.32 Å². The number of benzene rings is 1. The standard InChI is InChI=1S/C13H20FNO3S/c1-2-7-15-12(6-8-16)10-19(17,18)13-5-3-4-11(14)9-13/h3-5,9,12,15-16H,2,6-8,10H2,1H3. The van der Waals surface area contributed by atoms with Crippen molar-refractivity contribution in [3.63, 3.8) is 0 Å². The summed E-state index contributed by atoms with van der Waals surface area (Å²) in [5.74, 6) is -0.710. The summed E-state index contributed by atoms with van der Waals surface area (Å²) < 4.78 is 37.4. The fourth-order valence-electron chi connectivity index (χ4n) is 1.77. The molecule has 0 fully saturated rings. The Kier molecular flexibility index (Phi) is 6.41. The molecule has 2 N–H and O–H groups in total. The van der Waals surface area contributed by atoms with E-state index in [-0.39, 0.29) is 23.3 Å². The molecule has 0 radical (unpaired) electrons. The quantitative estimate of drug-likeness (QED) is 0.758. The van der Waals surface area contributed by atoms with Crippen LogP contribution in [0.5, 0.6) is 0 Å². The van der Waals surface area contributed by atoms with Gasteiger partial charge in [0.05, 0.1) is 10.6 Å². The van der Waals surface area contributed by atoms with E-state index in [1.807, 2.05) is 6.92 Å². The zero-order chi connectivity index (χ0) is 14.3. The number of hydrogen-bond donors (Lipinski definition) is 2. The third kappa shape index (κ3) is 5.26. The number of aliphatic hydroxyl groups excluding tert-OH is 1. The summed E-state index contributed by atoms with van der Waals surface area (Å²) in [5.41, 5.74) is 0. The van der Waals surface area contributed by atoms with Gasteiger partial charge in [-0.15, -0.1) is 0 Å². The van der Waals surface area contributed by atoms with Gasteiger partial charge in [0.1, 0.15) is 5.82 Å². The van der Waals surface area contributed by atoms with Crippen molar-refractivity contribution < 1.29 is 17.9 Å². The van der Waals surface area contributed by atoms with Crippen molar-refractivity contribution in [2.24, 2.45) is 0 Å². The highest BCUT2D eigenvalue weighted by atomic mass is 32.2. The Morgan fingerprint density at radius 2 is 2.16 bits per heavy atom. The fraction of sp³-hybridized carbons (Fsp3) is 0.538. The van der Waals surface area contributed by atoms with Gasteiger partial charge in [-0.05, 0) is 37.6 Å². The number of rotatable bonds is 8. The summed E-state index contributed by atoms with van der Waals surface area (Å²) >= 11 is 0. The molecule has 1 atom stereocenters. The highest BCUT2D eigenvalue weighted by molar-refractivity contribution is 7.91. The van der Waals surface area contributed by atoms with E-state index in [9.17, 15) is 12.8 Å². The van der Waals surface area contributed by atoms with Crippen LogP contribution in [0.1, 0.15) is 19.8 Å². The van der Waals surface area contributed by atoms with Crippen molar-refractivity contribution in [2.45, 2.75) is 30.7 Å². The molecule has 108 valence electrons. The van der Waals surface area contributed by atoms with E-state index < -0.39 is 15.7 Å². The lowest BCUT2D eigenvalue weighted by Gasteiger charge is -2.17. The lowest BCUT2D eigenvalue weighted by molar-refractivity contribution is 0.269. The average molecular weight is 289 g/mol. The minimum absolute atomic E-state index is 0.0197. The SMILES string of the molecule is CCCNC(CCO)CS(=O)(=O)c1cccc(F)c1. The van der Waals surface area contributed by atoms with E-state index in [0.717, 1.165) is 12.5 Å². The Labute approximate surface area is 113 Å². The number of sulfone groups is 1. The van der Waals surface area contributed by atoms with Crippen LogP contribution in [0.2, 0.25) is 0 Å². The molecule has 0 aliphatic rings. The molecule has 1 aromatic carbocycles. The van der Waals surface area contributed by atoms with Crippen LogP contribution in [0.25, 0.3) is 0 Å². The fourth-order valence-corrected chi connectivity index (χ4v) is 3.35. The Balaban J connectivity index is 2.81. The summed E-state index contributed by atoms with van der Waals surface area (Å²) in [6, 6.07) is 4.67. The number of halogens is 1. The van der Waals surface area contributed by atoms with E-state index >= 15 is 0 Å². The molecular formula is C13H20FNO3S. The van der Waals surface area contributed by atoms with E-state index in [0.29, 0.717) is 13.0 Å². The first kappa shape index (κ1) is 16.1. The first-order chi connectivity index (χ1) is 8.99. The molecule has 0 amide bonds. The Morgan fingerprint density at radius 1 is 1.42 bits per heavy atom. The molecule has 0 saturated carbocycles. The highest BCUT2D eigenvalue weighted by Crippen LogP contribution is 2.14. The zero-order valence-corrected chi connectivity index (χ0v) is 11.8. The topological polar surface area (TPSA) is 66.4 Å². The van der Waals surface area contributed by atoms with Gasteiger partial charge in [-0.25, -0.2) is 12.8 Å². The predicted molar refractivity (Wildman–Crippen MR) is 72.2 cm³/mol. The number of hydrogen-bond acceptors (Lipinski definition) is 4. The molecule has 0 heterocycles. The smallest absolute Gasteiger partial charge is 0.180 e. The third-order valence-corrected chi connectivity index (χ3v) is 4.55. The van der Waals surface area contributed by atoms with Gasteiger partial charge in [0.2, 0.25) is 0 Å². The molecule has 0 spiro atoms. The van der Waals surface area contributed by atoms with Gasteiger partial charge in [-0.1, -0.05) is 13.0 Å². The predicted octanol–water partition coefficient (Wildman–Crippen LogP) is 1.35. The molecule has 0 bridgehead atoms. The van der Waals surface area contributed by atoms with Gasteiger partial charge < -0.3 is 10.4 Å². The number of aliphatic hydroxyl groups is 1. The van der Waals surface area contributed by atoms with Crippen molar-refractivity contribution >= 4 is 9.84 Å². The Hall–Kier alpha value is -0.980. The van der Waals surface area contributed by atoms with Crippen molar-refractivity contribution in [1.82, 2.24) is 5.32 Å². The highest BCUT2D eigenvalue weighted by Gasteiger charge is 2.21. The second-order valence-electron chi connectivity index (χ2n) is 4.40. The molecule has 1 unspecified atom stereocenters. The molecule has 0 aliphatic heterocycles. The molecular weight excluding hydrogens is 269 g/mol. The summed E-state index contributed by atoms with van der Waals surface area (Å²) in [6.45, 7) is 2.58. The summed E-state index contributed by atoms with van der Waals surface area (Å²) in [5, 5.41) is 12.0. The van der Waals surface area contributed by atoms with Crippen molar-refractivity contribution in [2.75, 3.05) is 18.9 Å². The number of nitrogens with one attached hydrogen (secondary N) is 1. The van der Waals surface area contributed by atoms with E-state index in [4.69, 9.17) is 5.11 Å². The molecule has 4 nitrogen and oxygen atoms in total. The second kappa shape index (κ2) is 7.57. The molecule has 1 rings (SSSR count). The van der Waals surface area contributed by atoms with Crippen LogP contribution in [0, 0.1) is 5.82 Å². The van der Waals surface area contributed by atoms with Crippen LogP contribution in [-0.4, -0.2) is 38.5 Å². The van der Waals surface area contributed by atoms with Crippen LogP contribution in [0.15, 0.2) is 29.2 Å². The summed E-state index contributed by atoms with van der Waals surface area (Å²) in [6.07, 6.45) is 1.23. The summed E-state index contributed by atoms with van der Waals surface area (Å²) in [4.78, 5) is -0.0197. The maximum Gasteiger partial charge on any atom is 0.180 e. The van der Waals surface area contributed by atoms with Gasteiger partial charge in [-0.3, -0.25) is 0 Å². The average Bonchev–Trinajstić information content (AvgIpc) is 2.36. The molecule has 0 saturated heterocycles. The molecule has 0 aliphatic carbocycles. The summed E-state index contributed by atoms with van der Waals surface area (Å²) in [7, 11) is -3.55. The van der Waals surface area contributed by atoms with Crippen LogP contribution in [0.4, 0.5) is 4.39 Å². The maximum absolute atomic E-state index is 13.1. The Bertz CT molecular complexity index is 490. The first-order valence-electron chi connectivity index (χ1n) is 6.32. The lowest BCUT2D eigenvalue weighted by atomic mass is 10.2. The molecule has 19 heavy (non-hydrogen) atoms. The molecule has 6 heteroatoms. The molecule has 0 aromatic heterocycles. The van der Waals surface area contributed by atoms with Crippen LogP contribution >= 0.6 is 0 Å². The van der Waals surface area contributed by atoms with Crippen LogP contribution in [-0.2, 0) is 9.84 Å². The van der Waals surface area contributed by atoms with Gasteiger partial charge >= 0.3 is 0 Å². The first-order valence-corrected chi connectivity index (χ1v) is 7.97. The third-order valence-electron chi connectivity index (χ3n) is 2.74. The minimum Gasteiger partial charge on any atom is -0.396 e. The van der Waals surface area contributed by atoms with E-state index in [2.05, 4.69) is 5.32 Å². The lowest BCUT2D eigenvalue weighted by Crippen LogP contribution is -2.37. The van der Waals surface area contributed by atoms with Crippen molar-refractivity contribution in [1.29, 1.82) is 0 Å². The zero-order valence-electron chi connectivity index (χ0n) is 11.0. The Morgan fingerprint density at radius 3 is 2.74 bits per heavy atom. The van der Waals surface area contributed by atoms with Gasteiger partial charge in [-0.2, -0.15) is 0 Å². The monoisotopic (exact) mass is 289 g/mol. The van der Waals surface area contributed by atoms with Crippen molar-refractivity contribution in [3.05, 3.63) is 30.1 Å². The maximum atomic E-state index is 13.1. The normalized spacial score (nSPS) is 13.4. The van der Waals surface area contributed by atoms with E-state index in [1.165, 1.54) is 18.2 Å².